The van der Waals surface area contributed by atoms with Gasteiger partial charge in [-0.2, -0.15) is 0 Å². The van der Waals surface area contributed by atoms with Gasteiger partial charge in [0.15, 0.2) is 0 Å². The number of rotatable bonds is 2. The van der Waals surface area contributed by atoms with Crippen LogP contribution in [0.5, 0.6) is 0 Å². The van der Waals surface area contributed by atoms with Gasteiger partial charge in [0.2, 0.25) is 5.88 Å². The predicted octanol–water partition coefficient (Wildman–Crippen LogP) is 3.21. The summed E-state index contributed by atoms with van der Waals surface area (Å²) in [6.07, 6.45) is 0. The maximum Gasteiger partial charge on any atom is 0.258 e. The zero-order chi connectivity index (χ0) is 11.7. The van der Waals surface area contributed by atoms with Crippen LogP contribution in [0.1, 0.15) is 21.6 Å². The Kier molecular flexibility index (Phi) is 3.29. The van der Waals surface area contributed by atoms with Crippen molar-refractivity contribution in [2.45, 2.75) is 13.8 Å². The van der Waals surface area contributed by atoms with E-state index in [1.54, 1.807) is 0 Å². The fourth-order valence-electron chi connectivity index (χ4n) is 1.14. The van der Waals surface area contributed by atoms with Gasteiger partial charge in [-0.3, -0.25) is 10.1 Å². The molecule has 0 saturated heterocycles. The molecular weight excluding hydrogens is 339 g/mol. The quantitative estimate of drug-likeness (QED) is 0.848. The van der Waals surface area contributed by atoms with Gasteiger partial charge in [-0.25, -0.2) is 0 Å². The van der Waals surface area contributed by atoms with Crippen LogP contribution in [0.3, 0.4) is 0 Å². The average Bonchev–Trinajstić information content (AvgIpc) is 2.79. The first kappa shape index (κ1) is 11.6. The Hall–Kier alpha value is -0.890. The first-order chi connectivity index (χ1) is 7.58. The van der Waals surface area contributed by atoms with Crippen LogP contribution in [-0.2, 0) is 0 Å². The van der Waals surface area contributed by atoms with E-state index in [2.05, 4.69) is 33.1 Å². The molecule has 0 aliphatic carbocycles. The molecule has 0 atom stereocenters. The summed E-state index contributed by atoms with van der Waals surface area (Å²) in [6, 6.07) is 1.83. The van der Waals surface area contributed by atoms with Crippen molar-refractivity contribution in [2.24, 2.45) is 0 Å². The van der Waals surface area contributed by atoms with Crippen LogP contribution in [0, 0.1) is 16.7 Å². The van der Waals surface area contributed by atoms with Crippen molar-refractivity contribution in [3.63, 3.8) is 0 Å². The molecule has 2 aromatic heterocycles. The Bertz CT molecular complexity index is 533. The van der Waals surface area contributed by atoms with Gasteiger partial charge in [0, 0.05) is 10.9 Å². The summed E-state index contributed by atoms with van der Waals surface area (Å²) in [5.41, 5.74) is 2.29. The molecule has 0 aliphatic rings. The average molecular weight is 348 g/mol. The number of anilines is 1. The molecule has 1 amide bonds. The smallest absolute Gasteiger partial charge is 0.258 e. The SMILES string of the molecule is Cc1noc(NC(=O)c2csc(I)c2)c1C. The highest BCUT2D eigenvalue weighted by atomic mass is 127. The third-order valence-electron chi connectivity index (χ3n) is 2.21. The summed E-state index contributed by atoms with van der Waals surface area (Å²) < 4.78 is 6.09. The number of aromatic nitrogens is 1. The van der Waals surface area contributed by atoms with Crippen molar-refractivity contribution in [2.75, 3.05) is 5.32 Å². The number of carbonyl (C=O) groups excluding carboxylic acids is 1. The molecule has 84 valence electrons. The monoisotopic (exact) mass is 348 g/mol. The number of hydrogen-bond donors (Lipinski definition) is 1. The molecule has 2 heterocycles. The van der Waals surface area contributed by atoms with Gasteiger partial charge >= 0.3 is 0 Å². The minimum atomic E-state index is -0.168. The molecule has 0 spiro atoms. The van der Waals surface area contributed by atoms with Gasteiger partial charge in [-0.1, -0.05) is 5.16 Å². The molecule has 0 saturated carbocycles. The summed E-state index contributed by atoms with van der Waals surface area (Å²) in [6.45, 7) is 3.70. The van der Waals surface area contributed by atoms with E-state index in [1.165, 1.54) is 11.3 Å². The van der Waals surface area contributed by atoms with Crippen LogP contribution in [0.25, 0.3) is 0 Å². The largest absolute Gasteiger partial charge is 0.338 e. The topological polar surface area (TPSA) is 55.1 Å². The number of thiophene rings is 1. The highest BCUT2D eigenvalue weighted by molar-refractivity contribution is 14.1. The third kappa shape index (κ3) is 2.27. The molecule has 4 nitrogen and oxygen atoms in total. The molecular formula is C10H9IN2O2S. The van der Waals surface area contributed by atoms with Crippen molar-refractivity contribution in [3.05, 3.63) is 31.2 Å². The molecule has 0 unspecified atom stereocenters. The van der Waals surface area contributed by atoms with E-state index >= 15 is 0 Å². The minimum absolute atomic E-state index is 0.168. The summed E-state index contributed by atoms with van der Waals surface area (Å²) >= 11 is 3.71. The van der Waals surface area contributed by atoms with E-state index in [9.17, 15) is 4.79 Å². The maximum atomic E-state index is 11.8. The lowest BCUT2D eigenvalue weighted by Gasteiger charge is -1.99. The van der Waals surface area contributed by atoms with Crippen LogP contribution in [0.15, 0.2) is 16.0 Å². The molecule has 1 N–H and O–H groups in total. The normalized spacial score (nSPS) is 10.4. The van der Waals surface area contributed by atoms with Gasteiger partial charge in [-0.05, 0) is 42.5 Å². The van der Waals surface area contributed by atoms with Crippen molar-refractivity contribution in [3.8, 4) is 0 Å². The fourth-order valence-corrected chi connectivity index (χ4v) is 2.46. The summed E-state index contributed by atoms with van der Waals surface area (Å²) in [4.78, 5) is 11.8. The number of nitrogens with zero attached hydrogens (tertiary/aromatic N) is 1. The minimum Gasteiger partial charge on any atom is -0.338 e. The Morgan fingerprint density at radius 2 is 2.31 bits per heavy atom. The molecule has 0 bridgehead atoms. The van der Waals surface area contributed by atoms with Crippen molar-refractivity contribution < 1.29 is 9.32 Å². The Morgan fingerprint density at radius 1 is 1.56 bits per heavy atom. The van der Waals surface area contributed by atoms with Gasteiger partial charge < -0.3 is 4.52 Å². The van der Waals surface area contributed by atoms with Gasteiger partial charge in [0.1, 0.15) is 0 Å². The summed E-state index contributed by atoms with van der Waals surface area (Å²) in [5.74, 6) is 0.252. The highest BCUT2D eigenvalue weighted by Gasteiger charge is 2.14. The number of nitrogens with one attached hydrogen (secondary N) is 1. The second-order valence-electron chi connectivity index (χ2n) is 3.32. The van der Waals surface area contributed by atoms with E-state index in [-0.39, 0.29) is 5.91 Å². The lowest BCUT2D eigenvalue weighted by molar-refractivity contribution is 0.102. The molecule has 0 fully saturated rings. The molecule has 0 aromatic carbocycles. The first-order valence-corrected chi connectivity index (χ1v) is 6.52. The molecule has 16 heavy (non-hydrogen) atoms. The molecule has 0 aliphatic heterocycles. The van der Waals surface area contributed by atoms with E-state index in [1.807, 2.05) is 25.3 Å². The first-order valence-electron chi connectivity index (χ1n) is 4.56. The molecule has 0 radical (unpaired) electrons. The van der Waals surface area contributed by atoms with Crippen molar-refractivity contribution in [1.82, 2.24) is 5.16 Å². The van der Waals surface area contributed by atoms with E-state index in [0.29, 0.717) is 11.4 Å². The number of halogens is 1. The third-order valence-corrected chi connectivity index (χ3v) is 4.00. The zero-order valence-electron chi connectivity index (χ0n) is 8.70. The highest BCUT2D eigenvalue weighted by Crippen LogP contribution is 2.21. The van der Waals surface area contributed by atoms with Crippen LogP contribution in [0.2, 0.25) is 0 Å². The molecule has 2 rings (SSSR count). The van der Waals surface area contributed by atoms with Gasteiger partial charge in [0.05, 0.1) is 14.1 Å². The summed E-state index contributed by atoms with van der Waals surface area (Å²) in [5, 5.41) is 8.29. The number of amides is 1. The van der Waals surface area contributed by atoms with Crippen molar-refractivity contribution >= 4 is 45.7 Å². The van der Waals surface area contributed by atoms with Crippen LogP contribution in [-0.4, -0.2) is 11.1 Å². The number of hydrogen-bond acceptors (Lipinski definition) is 4. The van der Waals surface area contributed by atoms with E-state index < -0.39 is 0 Å². The lowest BCUT2D eigenvalue weighted by atomic mass is 10.2. The predicted molar refractivity (Wildman–Crippen MR) is 71.0 cm³/mol. The number of carbonyl (C=O) groups is 1. The number of aryl methyl sites for hydroxylation is 1. The Labute approximate surface area is 110 Å². The van der Waals surface area contributed by atoms with Gasteiger partial charge in [0.25, 0.3) is 5.91 Å². The van der Waals surface area contributed by atoms with E-state index in [4.69, 9.17) is 4.52 Å². The molecule has 2 aromatic rings. The Morgan fingerprint density at radius 3 is 2.81 bits per heavy atom. The second-order valence-corrected chi connectivity index (χ2v) is 6.12. The maximum absolute atomic E-state index is 11.8. The van der Waals surface area contributed by atoms with Crippen molar-refractivity contribution in [1.29, 1.82) is 0 Å². The fraction of sp³-hybridized carbons (Fsp3) is 0.200. The van der Waals surface area contributed by atoms with Crippen LogP contribution in [0.4, 0.5) is 5.88 Å². The van der Waals surface area contributed by atoms with E-state index in [0.717, 1.165) is 14.1 Å². The second kappa shape index (κ2) is 4.54. The Balaban J connectivity index is 2.17. The van der Waals surface area contributed by atoms with Gasteiger partial charge in [-0.15, -0.1) is 11.3 Å². The lowest BCUT2D eigenvalue weighted by Crippen LogP contribution is -2.10. The van der Waals surface area contributed by atoms with Crippen LogP contribution < -0.4 is 5.32 Å². The standard InChI is InChI=1S/C10H9IN2O2S/c1-5-6(2)13-15-10(5)12-9(14)7-3-8(11)16-4-7/h3-4H,1-2H3,(H,12,14). The zero-order valence-corrected chi connectivity index (χ0v) is 11.7. The van der Waals surface area contributed by atoms with Crippen LogP contribution >= 0.6 is 33.9 Å². The molecule has 6 heteroatoms. The summed E-state index contributed by atoms with van der Waals surface area (Å²) in [7, 11) is 0.